The van der Waals surface area contributed by atoms with Crippen LogP contribution in [0.4, 0.5) is 0 Å². The van der Waals surface area contributed by atoms with Crippen LogP contribution in [0.25, 0.3) is 0 Å². The SMILES string of the molecule is ClC(Cl)(Cl)Sc1cnccn1. The van der Waals surface area contributed by atoms with E-state index in [9.17, 15) is 0 Å². The van der Waals surface area contributed by atoms with Crippen molar-refractivity contribution in [1.29, 1.82) is 0 Å². The van der Waals surface area contributed by atoms with E-state index < -0.39 is 3.12 Å². The Morgan fingerprint density at radius 2 is 2.00 bits per heavy atom. The Bertz CT molecular complexity index is 223. The zero-order valence-corrected chi connectivity index (χ0v) is 8.25. The number of nitrogens with zero attached hydrogens (tertiary/aromatic N) is 2. The summed E-state index contributed by atoms with van der Waals surface area (Å²) in [6.07, 6.45) is 4.63. The van der Waals surface area contributed by atoms with E-state index in [1.165, 1.54) is 6.20 Å². The van der Waals surface area contributed by atoms with E-state index in [1.807, 2.05) is 0 Å². The Labute approximate surface area is 83.3 Å². The van der Waals surface area contributed by atoms with Gasteiger partial charge in [0.1, 0.15) is 5.03 Å². The van der Waals surface area contributed by atoms with Gasteiger partial charge in [-0.2, -0.15) is 0 Å². The molecule has 6 heteroatoms. The van der Waals surface area contributed by atoms with E-state index in [1.54, 1.807) is 12.4 Å². The molecule has 0 unspecified atom stereocenters. The van der Waals surface area contributed by atoms with Crippen molar-refractivity contribution in [3.63, 3.8) is 0 Å². The van der Waals surface area contributed by atoms with Gasteiger partial charge in [-0.3, -0.25) is 4.98 Å². The van der Waals surface area contributed by atoms with Crippen LogP contribution >= 0.6 is 46.6 Å². The fraction of sp³-hybridized carbons (Fsp3) is 0.200. The average Bonchev–Trinajstić information content (AvgIpc) is 1.85. The van der Waals surface area contributed by atoms with Gasteiger partial charge in [0.25, 0.3) is 0 Å². The number of hydrogen-bond donors (Lipinski definition) is 0. The van der Waals surface area contributed by atoms with E-state index >= 15 is 0 Å². The summed E-state index contributed by atoms with van der Waals surface area (Å²) >= 11 is 17.5. The molecule has 0 aliphatic rings. The lowest BCUT2D eigenvalue weighted by Gasteiger charge is -2.07. The number of thioether (sulfide) groups is 1. The van der Waals surface area contributed by atoms with Gasteiger partial charge < -0.3 is 0 Å². The first-order valence-corrected chi connectivity index (χ1v) is 4.55. The largest absolute Gasteiger partial charge is 0.260 e. The van der Waals surface area contributed by atoms with Gasteiger partial charge in [0.15, 0.2) is 0 Å². The Morgan fingerprint density at radius 1 is 1.27 bits per heavy atom. The first kappa shape index (κ1) is 9.39. The summed E-state index contributed by atoms with van der Waals surface area (Å²) in [7, 11) is 0. The van der Waals surface area contributed by atoms with Crippen molar-refractivity contribution in [3.8, 4) is 0 Å². The first-order valence-electron chi connectivity index (χ1n) is 2.60. The molecule has 11 heavy (non-hydrogen) atoms. The molecule has 0 radical (unpaired) electrons. The topological polar surface area (TPSA) is 25.8 Å². The summed E-state index contributed by atoms with van der Waals surface area (Å²) in [6.45, 7) is 0. The van der Waals surface area contributed by atoms with Crippen molar-refractivity contribution in [2.24, 2.45) is 0 Å². The highest BCUT2D eigenvalue weighted by atomic mass is 35.6. The van der Waals surface area contributed by atoms with E-state index in [0.717, 1.165) is 11.8 Å². The molecule has 1 aromatic rings. The van der Waals surface area contributed by atoms with Crippen LogP contribution in [0.3, 0.4) is 0 Å². The Balaban J connectivity index is 2.66. The summed E-state index contributed by atoms with van der Waals surface area (Å²) in [6, 6.07) is 0. The maximum atomic E-state index is 5.49. The highest BCUT2D eigenvalue weighted by Crippen LogP contribution is 2.42. The van der Waals surface area contributed by atoms with Crippen LogP contribution in [0.15, 0.2) is 23.6 Å². The van der Waals surface area contributed by atoms with Gasteiger partial charge in [0.2, 0.25) is 3.12 Å². The second-order valence-corrected chi connectivity index (χ2v) is 5.78. The molecule has 0 fully saturated rings. The molecule has 0 saturated carbocycles. The summed E-state index contributed by atoms with van der Waals surface area (Å²) in [5.74, 6) is 0. The van der Waals surface area contributed by atoms with Crippen LogP contribution < -0.4 is 0 Å². The molecule has 60 valence electrons. The fourth-order valence-electron chi connectivity index (χ4n) is 0.457. The zero-order valence-electron chi connectivity index (χ0n) is 5.17. The highest BCUT2D eigenvalue weighted by Gasteiger charge is 2.21. The number of alkyl halides is 3. The maximum Gasteiger partial charge on any atom is 0.243 e. The van der Waals surface area contributed by atoms with Gasteiger partial charge in [-0.1, -0.05) is 34.8 Å². The summed E-state index contributed by atoms with van der Waals surface area (Å²) < 4.78 is -1.37. The number of aromatic nitrogens is 2. The second kappa shape index (κ2) is 3.81. The average molecular weight is 230 g/mol. The Morgan fingerprint density at radius 3 is 2.45 bits per heavy atom. The lowest BCUT2D eigenvalue weighted by atomic mass is 10.8. The molecule has 0 bridgehead atoms. The number of halogens is 3. The molecule has 0 aliphatic heterocycles. The summed E-state index contributed by atoms with van der Waals surface area (Å²) in [4.78, 5) is 7.72. The molecule has 0 N–H and O–H groups in total. The normalized spacial score (nSPS) is 11.5. The van der Waals surface area contributed by atoms with Crippen molar-refractivity contribution in [2.75, 3.05) is 0 Å². The minimum absolute atomic E-state index is 0.590. The van der Waals surface area contributed by atoms with Crippen molar-refractivity contribution in [1.82, 2.24) is 9.97 Å². The van der Waals surface area contributed by atoms with E-state index in [0.29, 0.717) is 5.03 Å². The zero-order chi connectivity index (χ0) is 8.32. The van der Waals surface area contributed by atoms with Crippen LogP contribution in [0, 0.1) is 0 Å². The predicted octanol–water partition coefficient (Wildman–Crippen LogP) is 2.90. The molecule has 1 aromatic heterocycles. The Hall–Kier alpha value is 0.300. The molecular weight excluding hydrogens is 226 g/mol. The molecule has 0 atom stereocenters. The van der Waals surface area contributed by atoms with Crippen molar-refractivity contribution in [2.45, 2.75) is 8.15 Å². The Kier molecular flexibility index (Phi) is 3.25. The standard InChI is InChI=1S/C5H3Cl3N2S/c6-5(7,8)11-4-3-9-1-2-10-4/h1-3H. The van der Waals surface area contributed by atoms with E-state index in [4.69, 9.17) is 34.8 Å². The molecule has 0 aliphatic carbocycles. The third-order valence-corrected chi connectivity index (χ3v) is 2.11. The van der Waals surface area contributed by atoms with Gasteiger partial charge in [-0.25, -0.2) is 4.98 Å². The number of hydrogen-bond acceptors (Lipinski definition) is 3. The van der Waals surface area contributed by atoms with Crippen LogP contribution in [-0.2, 0) is 0 Å². The van der Waals surface area contributed by atoms with Crippen LogP contribution in [0.5, 0.6) is 0 Å². The molecular formula is C5H3Cl3N2S. The second-order valence-electron chi connectivity index (χ2n) is 1.59. The van der Waals surface area contributed by atoms with Crippen LogP contribution in [0.1, 0.15) is 0 Å². The minimum Gasteiger partial charge on any atom is -0.260 e. The van der Waals surface area contributed by atoms with Gasteiger partial charge >= 0.3 is 0 Å². The molecule has 0 spiro atoms. The third kappa shape index (κ3) is 4.01. The predicted molar refractivity (Wildman–Crippen MR) is 48.2 cm³/mol. The molecule has 1 heterocycles. The van der Waals surface area contributed by atoms with Crippen molar-refractivity contribution < 1.29 is 0 Å². The molecule has 0 aromatic carbocycles. The van der Waals surface area contributed by atoms with E-state index in [2.05, 4.69) is 9.97 Å². The van der Waals surface area contributed by atoms with Gasteiger partial charge in [-0.05, 0) is 11.8 Å². The van der Waals surface area contributed by atoms with Crippen molar-refractivity contribution in [3.05, 3.63) is 18.6 Å². The first-order chi connectivity index (χ1) is 5.08. The van der Waals surface area contributed by atoms with Crippen LogP contribution in [0.2, 0.25) is 0 Å². The molecule has 0 saturated heterocycles. The van der Waals surface area contributed by atoms with Gasteiger partial charge in [-0.15, -0.1) is 0 Å². The fourth-order valence-corrected chi connectivity index (χ4v) is 1.63. The minimum atomic E-state index is -1.37. The van der Waals surface area contributed by atoms with E-state index in [-0.39, 0.29) is 0 Å². The third-order valence-electron chi connectivity index (χ3n) is 0.760. The summed E-state index contributed by atoms with van der Waals surface area (Å²) in [5.41, 5.74) is 0. The van der Waals surface area contributed by atoms with Crippen molar-refractivity contribution >= 4 is 46.6 Å². The maximum absolute atomic E-state index is 5.49. The monoisotopic (exact) mass is 228 g/mol. The molecule has 0 amide bonds. The molecule has 2 nitrogen and oxygen atoms in total. The lowest BCUT2D eigenvalue weighted by molar-refractivity contribution is 1.06. The lowest BCUT2D eigenvalue weighted by Crippen LogP contribution is -1.94. The summed E-state index contributed by atoms with van der Waals surface area (Å²) in [5, 5.41) is 0.590. The number of rotatable bonds is 1. The van der Waals surface area contributed by atoms with Gasteiger partial charge in [0.05, 0.1) is 6.20 Å². The van der Waals surface area contributed by atoms with Crippen LogP contribution in [-0.4, -0.2) is 13.1 Å². The quantitative estimate of drug-likeness (QED) is 0.547. The highest BCUT2D eigenvalue weighted by molar-refractivity contribution is 8.04. The molecule has 1 rings (SSSR count). The van der Waals surface area contributed by atoms with Gasteiger partial charge in [0, 0.05) is 12.4 Å². The smallest absolute Gasteiger partial charge is 0.243 e.